The Hall–Kier alpha value is -5.79. The summed E-state index contributed by atoms with van der Waals surface area (Å²) >= 11 is 0. The van der Waals surface area contributed by atoms with Crippen LogP contribution in [0.15, 0.2) is 42.0 Å². The summed E-state index contributed by atoms with van der Waals surface area (Å²) in [5, 5.41) is 21.7. The number of morpholine rings is 1. The molecule has 0 radical (unpaired) electrons. The van der Waals surface area contributed by atoms with E-state index in [0.29, 0.717) is 43.6 Å². The standard InChI is InChI=1S/C33H32N6O7/c1-42-22-7-5-18(13-24(22)44-3)21(40)15-33(17-35)27-20(16-34)32(39-9-11-46-12-10-39)38-31(37)26(27)29(36)28(33)30(41)19-6-8-23(43-2)25(14-19)45-4/h5-8,13-14H,9-12,15,36H2,1-4H3,(H2,37,38). The normalized spacial score (nSPS) is 17.0. The lowest BCUT2D eigenvalue weighted by atomic mass is 9.70. The summed E-state index contributed by atoms with van der Waals surface area (Å²) in [7, 11) is 5.78. The number of carbonyl (C=O) groups excluding carboxylic acids is 2. The number of nitriles is 2. The lowest BCUT2D eigenvalue weighted by molar-refractivity contribution is 0.0960. The highest BCUT2D eigenvalue weighted by Gasteiger charge is 2.53. The summed E-state index contributed by atoms with van der Waals surface area (Å²) in [6, 6.07) is 13.5. The van der Waals surface area contributed by atoms with Crippen molar-refractivity contribution < 1.29 is 33.3 Å². The molecule has 46 heavy (non-hydrogen) atoms. The maximum absolute atomic E-state index is 14.5. The molecule has 4 N–H and O–H groups in total. The van der Waals surface area contributed by atoms with Gasteiger partial charge in [-0.05, 0) is 36.4 Å². The lowest BCUT2D eigenvalue weighted by Gasteiger charge is -2.31. The first-order valence-corrected chi connectivity index (χ1v) is 14.2. The molecule has 13 nitrogen and oxygen atoms in total. The number of benzene rings is 2. The zero-order valence-electron chi connectivity index (χ0n) is 25.8. The molecule has 3 aromatic rings. The number of Topliss-reactive ketones (excluding diaryl/α,β-unsaturated/α-hetero) is 2. The predicted molar refractivity (Wildman–Crippen MR) is 167 cm³/mol. The molecule has 1 unspecified atom stereocenters. The van der Waals surface area contributed by atoms with Gasteiger partial charge in [0.05, 0.1) is 53.4 Å². The quantitative estimate of drug-likeness (QED) is 0.313. The number of pyridine rings is 1. The van der Waals surface area contributed by atoms with Crippen molar-refractivity contribution in [3.8, 4) is 35.1 Å². The van der Waals surface area contributed by atoms with Crippen LogP contribution in [0, 0.1) is 22.7 Å². The first-order chi connectivity index (χ1) is 22.2. The third-order valence-electron chi connectivity index (χ3n) is 8.22. The molecular formula is C33H32N6O7. The first-order valence-electron chi connectivity index (χ1n) is 14.2. The van der Waals surface area contributed by atoms with E-state index in [1.54, 1.807) is 12.1 Å². The van der Waals surface area contributed by atoms with Gasteiger partial charge in [-0.2, -0.15) is 10.5 Å². The van der Waals surface area contributed by atoms with E-state index in [1.807, 2.05) is 4.90 Å². The second kappa shape index (κ2) is 12.7. The minimum Gasteiger partial charge on any atom is -0.493 e. The molecule has 1 atom stereocenters. The fourth-order valence-electron chi connectivity index (χ4n) is 6.00. The maximum atomic E-state index is 14.5. The summed E-state index contributed by atoms with van der Waals surface area (Å²) in [5.41, 5.74) is 11.2. The van der Waals surface area contributed by atoms with Crippen molar-refractivity contribution in [3.05, 3.63) is 69.8 Å². The predicted octanol–water partition coefficient (Wildman–Crippen LogP) is 3.01. The Labute approximate surface area is 265 Å². The van der Waals surface area contributed by atoms with E-state index in [0.717, 1.165) is 0 Å². The molecule has 5 rings (SSSR count). The van der Waals surface area contributed by atoms with E-state index in [9.17, 15) is 20.1 Å². The average molecular weight is 625 g/mol. The molecule has 1 aromatic heterocycles. The number of fused-ring (bicyclic) bond motifs is 1. The van der Waals surface area contributed by atoms with Crippen LogP contribution in [0.4, 0.5) is 11.6 Å². The number of nitrogens with two attached hydrogens (primary N) is 2. The van der Waals surface area contributed by atoms with Crippen LogP contribution in [0.5, 0.6) is 23.0 Å². The fourth-order valence-corrected chi connectivity index (χ4v) is 6.00. The number of hydrogen-bond donors (Lipinski definition) is 2. The highest BCUT2D eigenvalue weighted by atomic mass is 16.5. The van der Waals surface area contributed by atoms with Crippen LogP contribution in [-0.2, 0) is 10.2 Å². The van der Waals surface area contributed by atoms with Gasteiger partial charge in [0, 0.05) is 47.3 Å². The maximum Gasteiger partial charge on any atom is 0.193 e. The van der Waals surface area contributed by atoms with Crippen molar-refractivity contribution in [2.75, 3.05) is 65.4 Å². The Bertz CT molecular complexity index is 1850. The Morgan fingerprint density at radius 1 is 0.913 bits per heavy atom. The molecule has 1 aliphatic carbocycles. The van der Waals surface area contributed by atoms with Crippen molar-refractivity contribution in [1.82, 2.24) is 4.98 Å². The Morgan fingerprint density at radius 2 is 1.48 bits per heavy atom. The highest BCUT2D eigenvalue weighted by molar-refractivity contribution is 6.19. The number of carbonyl (C=O) groups is 2. The molecule has 1 saturated heterocycles. The van der Waals surface area contributed by atoms with Crippen molar-refractivity contribution in [1.29, 1.82) is 10.5 Å². The molecule has 0 saturated carbocycles. The average Bonchev–Trinajstić information content (AvgIpc) is 3.35. The summed E-state index contributed by atoms with van der Waals surface area (Å²) in [6.45, 7) is 1.58. The van der Waals surface area contributed by atoms with Crippen LogP contribution in [0.25, 0.3) is 5.70 Å². The second-order valence-corrected chi connectivity index (χ2v) is 10.5. The number of hydrogen-bond acceptors (Lipinski definition) is 13. The van der Waals surface area contributed by atoms with Crippen LogP contribution < -0.4 is 35.3 Å². The van der Waals surface area contributed by atoms with Crippen LogP contribution in [0.3, 0.4) is 0 Å². The molecule has 0 spiro atoms. The largest absolute Gasteiger partial charge is 0.493 e. The summed E-state index contributed by atoms with van der Waals surface area (Å²) in [6.07, 6.45) is -0.554. The molecule has 13 heteroatoms. The van der Waals surface area contributed by atoms with Gasteiger partial charge in [-0.25, -0.2) is 4.98 Å². The number of aromatic nitrogens is 1. The number of nitrogen functional groups attached to an aromatic ring is 1. The SMILES string of the molecule is COc1ccc(C(=O)CC2(C#N)C(C(=O)c3ccc(OC)c(OC)c3)=C(N)c3c(N)nc(N4CCOCC4)c(C#N)c32)cc1OC. The highest BCUT2D eigenvalue weighted by Crippen LogP contribution is 2.53. The van der Waals surface area contributed by atoms with Gasteiger partial charge in [0.1, 0.15) is 28.7 Å². The monoisotopic (exact) mass is 624 g/mol. The molecule has 236 valence electrons. The molecular weight excluding hydrogens is 592 g/mol. The zero-order valence-corrected chi connectivity index (χ0v) is 25.8. The first kappa shape index (κ1) is 31.6. The van der Waals surface area contributed by atoms with Gasteiger partial charge in [0.2, 0.25) is 0 Å². The van der Waals surface area contributed by atoms with Gasteiger partial charge in [0.25, 0.3) is 0 Å². The third-order valence-corrected chi connectivity index (χ3v) is 8.22. The van der Waals surface area contributed by atoms with Crippen molar-refractivity contribution in [3.63, 3.8) is 0 Å². The van der Waals surface area contributed by atoms with Gasteiger partial charge in [-0.1, -0.05) is 0 Å². The number of ketones is 2. The number of methoxy groups -OCH3 is 4. The third kappa shape index (κ3) is 5.06. The molecule has 2 heterocycles. The Morgan fingerprint density at radius 3 is 2.02 bits per heavy atom. The molecule has 2 aromatic carbocycles. The molecule has 0 bridgehead atoms. The van der Waals surface area contributed by atoms with E-state index in [-0.39, 0.29) is 56.5 Å². The molecule has 0 amide bonds. The fraction of sp³-hybridized carbons (Fsp3) is 0.303. The van der Waals surface area contributed by atoms with Crippen molar-refractivity contribution >= 4 is 28.9 Å². The van der Waals surface area contributed by atoms with E-state index in [1.165, 1.54) is 52.7 Å². The van der Waals surface area contributed by atoms with Gasteiger partial charge in [0.15, 0.2) is 34.6 Å². The van der Waals surface area contributed by atoms with Gasteiger partial charge in [-0.3, -0.25) is 9.59 Å². The minimum atomic E-state index is -2.03. The molecule has 1 fully saturated rings. The van der Waals surface area contributed by atoms with E-state index >= 15 is 0 Å². The zero-order chi connectivity index (χ0) is 33.2. The summed E-state index contributed by atoms with van der Waals surface area (Å²) in [5.74, 6) is 0.287. The number of anilines is 2. The summed E-state index contributed by atoms with van der Waals surface area (Å²) < 4.78 is 26.9. The number of ether oxygens (including phenoxy) is 5. The topological polar surface area (TPSA) is 196 Å². The van der Waals surface area contributed by atoms with Crippen LogP contribution in [0.1, 0.15) is 43.8 Å². The molecule has 1 aliphatic heterocycles. The van der Waals surface area contributed by atoms with E-state index in [2.05, 4.69) is 17.1 Å². The van der Waals surface area contributed by atoms with E-state index in [4.69, 9.17) is 35.2 Å². The molecule has 2 aliphatic rings. The van der Waals surface area contributed by atoms with E-state index < -0.39 is 23.4 Å². The number of allylic oxidation sites excluding steroid dienone is 1. The lowest BCUT2D eigenvalue weighted by Crippen LogP contribution is -2.38. The smallest absolute Gasteiger partial charge is 0.193 e. The number of rotatable bonds is 10. The van der Waals surface area contributed by atoms with Gasteiger partial charge in [-0.15, -0.1) is 0 Å². The van der Waals surface area contributed by atoms with Crippen LogP contribution >= 0.6 is 0 Å². The van der Waals surface area contributed by atoms with Crippen molar-refractivity contribution in [2.45, 2.75) is 11.8 Å². The Kier molecular flexibility index (Phi) is 8.71. The van der Waals surface area contributed by atoms with Gasteiger partial charge >= 0.3 is 0 Å². The van der Waals surface area contributed by atoms with Crippen molar-refractivity contribution in [2.24, 2.45) is 5.73 Å². The number of nitrogens with zero attached hydrogens (tertiary/aromatic N) is 4. The minimum absolute atomic E-state index is 0.00850. The summed E-state index contributed by atoms with van der Waals surface area (Å²) in [4.78, 5) is 34.9. The van der Waals surface area contributed by atoms with Gasteiger partial charge < -0.3 is 40.1 Å². The second-order valence-electron chi connectivity index (χ2n) is 10.5. The Balaban J connectivity index is 1.76. The van der Waals surface area contributed by atoms with Crippen LogP contribution in [0.2, 0.25) is 0 Å². The van der Waals surface area contributed by atoms with Crippen LogP contribution in [-0.4, -0.2) is 71.3 Å².